The summed E-state index contributed by atoms with van der Waals surface area (Å²) in [6.45, 7) is 4.19. The Morgan fingerprint density at radius 2 is 2.12 bits per heavy atom. The Morgan fingerprint density at radius 3 is 2.77 bits per heavy atom. The first-order valence-electron chi connectivity index (χ1n) is 8.75. The zero-order chi connectivity index (χ0) is 18.9. The summed E-state index contributed by atoms with van der Waals surface area (Å²) in [5, 5.41) is 3.80. The monoisotopic (exact) mass is 370 g/mol. The van der Waals surface area contributed by atoms with E-state index >= 15 is 0 Å². The Balaban J connectivity index is 1.62. The van der Waals surface area contributed by atoms with Crippen LogP contribution < -0.4 is 0 Å². The maximum Gasteiger partial charge on any atom is 0.282 e. The third-order valence-electron chi connectivity index (χ3n) is 5.38. The van der Waals surface area contributed by atoms with Crippen LogP contribution in [0.15, 0.2) is 6.07 Å². The van der Waals surface area contributed by atoms with Crippen LogP contribution in [-0.4, -0.2) is 71.3 Å². The Kier molecular flexibility index (Phi) is 5.27. The number of aromatic nitrogens is 2. The quantitative estimate of drug-likeness (QED) is 0.755. The smallest absolute Gasteiger partial charge is 0.282 e. The molecule has 2 saturated heterocycles. The summed E-state index contributed by atoms with van der Waals surface area (Å²) >= 11 is 0. The molecule has 0 radical (unpaired) electrons. The molecule has 0 bridgehead atoms. The molecule has 2 fully saturated rings. The fraction of sp³-hybridized carbons (Fsp3) is 0.706. The molecule has 7 nitrogen and oxygen atoms in total. The highest BCUT2D eigenvalue weighted by Crippen LogP contribution is 2.40. The van der Waals surface area contributed by atoms with Crippen molar-refractivity contribution >= 4 is 11.8 Å². The highest BCUT2D eigenvalue weighted by Gasteiger charge is 2.51. The lowest BCUT2D eigenvalue weighted by molar-refractivity contribution is -0.137. The van der Waals surface area contributed by atoms with Gasteiger partial charge in [0.25, 0.3) is 6.43 Å². The van der Waals surface area contributed by atoms with Gasteiger partial charge in [0.15, 0.2) is 0 Å². The van der Waals surface area contributed by atoms with Gasteiger partial charge in [-0.05, 0) is 25.8 Å². The summed E-state index contributed by atoms with van der Waals surface area (Å²) in [6, 6.07) is 1.29. The standard InChI is InChI=1S/C17H24F2N4O3/c1-12-9-13(15(18)19)20-23(12)10-14(24)22-6-4-17(11-22)3-5-21(16(17)25)7-8-26-2/h9,15H,3-8,10-11H2,1-2H3. The molecule has 1 spiro atoms. The lowest BCUT2D eigenvalue weighted by Gasteiger charge is -2.23. The first kappa shape index (κ1) is 18.8. The van der Waals surface area contributed by atoms with Gasteiger partial charge in [-0.15, -0.1) is 0 Å². The minimum Gasteiger partial charge on any atom is -0.383 e. The maximum absolute atomic E-state index is 12.7. The number of alkyl halides is 2. The molecule has 1 unspecified atom stereocenters. The van der Waals surface area contributed by atoms with Gasteiger partial charge in [0.1, 0.15) is 12.2 Å². The van der Waals surface area contributed by atoms with Crippen LogP contribution in [0.3, 0.4) is 0 Å². The fourth-order valence-corrected chi connectivity index (χ4v) is 3.80. The minimum atomic E-state index is -2.66. The second-order valence-corrected chi connectivity index (χ2v) is 7.05. The molecule has 2 aliphatic heterocycles. The van der Waals surface area contributed by atoms with Gasteiger partial charge in [-0.1, -0.05) is 0 Å². The Bertz CT molecular complexity index is 694. The van der Waals surface area contributed by atoms with Crippen molar-refractivity contribution in [3.05, 3.63) is 17.5 Å². The van der Waals surface area contributed by atoms with Crippen molar-refractivity contribution in [2.75, 3.05) is 39.9 Å². The van der Waals surface area contributed by atoms with Crippen molar-refractivity contribution in [1.29, 1.82) is 0 Å². The van der Waals surface area contributed by atoms with E-state index in [0.29, 0.717) is 44.9 Å². The summed E-state index contributed by atoms with van der Waals surface area (Å²) in [5.41, 5.74) is -0.311. The van der Waals surface area contributed by atoms with Crippen molar-refractivity contribution in [1.82, 2.24) is 19.6 Å². The lowest BCUT2D eigenvalue weighted by atomic mass is 9.85. The Morgan fingerprint density at radius 1 is 1.38 bits per heavy atom. The summed E-state index contributed by atoms with van der Waals surface area (Å²) < 4.78 is 31.8. The van der Waals surface area contributed by atoms with Crippen molar-refractivity contribution in [2.45, 2.75) is 32.7 Å². The van der Waals surface area contributed by atoms with Gasteiger partial charge in [0.05, 0.1) is 12.0 Å². The number of likely N-dealkylation sites (tertiary alicyclic amines) is 2. The van der Waals surface area contributed by atoms with E-state index < -0.39 is 11.8 Å². The van der Waals surface area contributed by atoms with E-state index in [9.17, 15) is 18.4 Å². The molecule has 144 valence electrons. The normalized spacial score (nSPS) is 23.0. The summed E-state index contributed by atoms with van der Waals surface area (Å²) in [4.78, 5) is 28.8. The second kappa shape index (κ2) is 7.30. The number of halogens is 2. The van der Waals surface area contributed by atoms with Crippen LogP contribution in [0.1, 0.15) is 30.7 Å². The number of nitrogens with zero attached hydrogens (tertiary/aromatic N) is 4. The minimum absolute atomic E-state index is 0.0834. The molecule has 1 atom stereocenters. The molecule has 26 heavy (non-hydrogen) atoms. The topological polar surface area (TPSA) is 67.7 Å². The predicted octanol–water partition coefficient (Wildman–Crippen LogP) is 1.23. The van der Waals surface area contributed by atoms with Crippen LogP contribution >= 0.6 is 0 Å². The molecular formula is C17H24F2N4O3. The predicted molar refractivity (Wildman–Crippen MR) is 88.6 cm³/mol. The van der Waals surface area contributed by atoms with E-state index in [0.717, 1.165) is 6.42 Å². The number of methoxy groups -OCH3 is 1. The third-order valence-corrected chi connectivity index (χ3v) is 5.38. The molecule has 9 heteroatoms. The zero-order valence-electron chi connectivity index (χ0n) is 15.1. The van der Waals surface area contributed by atoms with E-state index in [2.05, 4.69) is 5.10 Å². The molecule has 1 aromatic rings. The third kappa shape index (κ3) is 3.44. The van der Waals surface area contributed by atoms with Crippen LogP contribution in [-0.2, 0) is 20.9 Å². The SMILES string of the molecule is COCCN1CCC2(CCN(C(=O)Cn3nc(C(F)F)cc3C)C2)C1=O. The fourth-order valence-electron chi connectivity index (χ4n) is 3.80. The van der Waals surface area contributed by atoms with Crippen LogP contribution in [0.4, 0.5) is 8.78 Å². The molecule has 0 N–H and O–H groups in total. The first-order valence-corrected chi connectivity index (χ1v) is 8.75. The van der Waals surface area contributed by atoms with E-state index in [1.807, 2.05) is 0 Å². The molecule has 0 aliphatic carbocycles. The number of hydrogen-bond acceptors (Lipinski definition) is 4. The Labute approximate surface area is 150 Å². The average molecular weight is 370 g/mol. The van der Waals surface area contributed by atoms with Crippen molar-refractivity contribution in [2.24, 2.45) is 5.41 Å². The van der Waals surface area contributed by atoms with Crippen molar-refractivity contribution < 1.29 is 23.1 Å². The highest BCUT2D eigenvalue weighted by atomic mass is 19.3. The number of carbonyl (C=O) groups excluding carboxylic acids is 2. The van der Waals surface area contributed by atoms with Gasteiger partial charge in [-0.25, -0.2) is 8.78 Å². The van der Waals surface area contributed by atoms with E-state index in [-0.39, 0.29) is 24.1 Å². The molecule has 3 heterocycles. The van der Waals surface area contributed by atoms with Crippen LogP contribution in [0.5, 0.6) is 0 Å². The number of hydrogen-bond donors (Lipinski definition) is 0. The molecule has 2 aliphatic rings. The molecule has 1 aromatic heterocycles. The maximum atomic E-state index is 12.7. The molecule has 2 amide bonds. The number of amides is 2. The summed E-state index contributed by atoms with van der Waals surface area (Å²) in [6.07, 6.45) is -1.29. The van der Waals surface area contributed by atoms with Gasteiger partial charge in [0.2, 0.25) is 11.8 Å². The average Bonchev–Trinajstić information content (AvgIpc) is 3.27. The lowest BCUT2D eigenvalue weighted by Crippen LogP contribution is -2.40. The largest absolute Gasteiger partial charge is 0.383 e. The van der Waals surface area contributed by atoms with Crippen LogP contribution in [0.25, 0.3) is 0 Å². The molecule has 3 rings (SSSR count). The van der Waals surface area contributed by atoms with E-state index in [4.69, 9.17) is 4.74 Å². The van der Waals surface area contributed by atoms with E-state index in [1.165, 1.54) is 10.7 Å². The summed E-state index contributed by atoms with van der Waals surface area (Å²) in [7, 11) is 1.60. The number of ether oxygens (including phenoxy) is 1. The van der Waals surface area contributed by atoms with Crippen LogP contribution in [0, 0.1) is 12.3 Å². The van der Waals surface area contributed by atoms with Gasteiger partial charge >= 0.3 is 0 Å². The molecule has 0 aromatic carbocycles. The number of aryl methyl sites for hydroxylation is 1. The van der Waals surface area contributed by atoms with E-state index in [1.54, 1.807) is 23.8 Å². The molecule has 0 saturated carbocycles. The second-order valence-electron chi connectivity index (χ2n) is 7.05. The van der Waals surface area contributed by atoms with Gasteiger partial charge in [0, 0.05) is 39.0 Å². The van der Waals surface area contributed by atoms with Gasteiger partial charge in [-0.2, -0.15) is 5.10 Å². The van der Waals surface area contributed by atoms with Crippen molar-refractivity contribution in [3.8, 4) is 0 Å². The van der Waals surface area contributed by atoms with Gasteiger partial charge in [-0.3, -0.25) is 14.3 Å². The van der Waals surface area contributed by atoms with Crippen molar-refractivity contribution in [3.63, 3.8) is 0 Å². The summed E-state index contributed by atoms with van der Waals surface area (Å²) in [5.74, 6) is -0.114. The molecular weight excluding hydrogens is 346 g/mol. The zero-order valence-corrected chi connectivity index (χ0v) is 15.1. The first-order chi connectivity index (χ1) is 12.4. The van der Waals surface area contributed by atoms with Gasteiger partial charge < -0.3 is 14.5 Å². The number of rotatable bonds is 6. The van der Waals surface area contributed by atoms with Crippen LogP contribution in [0.2, 0.25) is 0 Å². The highest BCUT2D eigenvalue weighted by molar-refractivity contribution is 5.87. The number of carbonyl (C=O) groups is 2. The Hall–Kier alpha value is -2.03.